The Hall–Kier alpha value is -1.77. The van der Waals surface area contributed by atoms with Crippen LogP contribution in [0.5, 0.6) is 17.2 Å². The first-order chi connectivity index (χ1) is 13.4. The van der Waals surface area contributed by atoms with Gasteiger partial charge in [-0.1, -0.05) is 22.0 Å². The second-order valence-corrected chi connectivity index (χ2v) is 9.18. The standard InChI is InChI=1S/C20H24BrNO5S/c1-4-27-18-10-7-14(21)12-20(18)28(23,24)22-11-5-6-17(22)16-9-8-15(25-2)13-19(16)26-3/h7-10,12-13,17H,4-6,11H2,1-3H3. The third-order valence-corrected chi connectivity index (χ3v) is 7.22. The van der Waals surface area contributed by atoms with Gasteiger partial charge in [0, 0.05) is 22.6 Å². The number of hydrogen-bond acceptors (Lipinski definition) is 5. The summed E-state index contributed by atoms with van der Waals surface area (Å²) in [4.78, 5) is 0.170. The van der Waals surface area contributed by atoms with Crippen LogP contribution in [0.15, 0.2) is 45.8 Å². The summed E-state index contributed by atoms with van der Waals surface area (Å²) in [6.07, 6.45) is 1.50. The Bertz CT molecular complexity index is 948. The maximum atomic E-state index is 13.5. The fraction of sp³-hybridized carbons (Fsp3) is 0.400. The molecule has 28 heavy (non-hydrogen) atoms. The minimum atomic E-state index is -3.76. The molecule has 1 aliphatic rings. The van der Waals surface area contributed by atoms with E-state index in [9.17, 15) is 8.42 Å². The molecule has 1 fully saturated rings. The maximum Gasteiger partial charge on any atom is 0.247 e. The maximum absolute atomic E-state index is 13.5. The Morgan fingerprint density at radius 3 is 2.57 bits per heavy atom. The summed E-state index contributed by atoms with van der Waals surface area (Å²) >= 11 is 3.37. The SMILES string of the molecule is CCOc1ccc(Br)cc1S(=O)(=O)N1CCCC1c1ccc(OC)cc1OC. The molecule has 6 nitrogen and oxygen atoms in total. The van der Waals surface area contributed by atoms with Gasteiger partial charge < -0.3 is 14.2 Å². The van der Waals surface area contributed by atoms with Crippen molar-refractivity contribution in [2.45, 2.75) is 30.7 Å². The monoisotopic (exact) mass is 469 g/mol. The summed E-state index contributed by atoms with van der Waals surface area (Å²) in [6.45, 7) is 2.67. The van der Waals surface area contributed by atoms with Gasteiger partial charge in [0.2, 0.25) is 10.0 Å². The number of rotatable bonds is 7. The highest BCUT2D eigenvalue weighted by atomic mass is 79.9. The lowest BCUT2D eigenvalue weighted by Gasteiger charge is -2.26. The summed E-state index contributed by atoms with van der Waals surface area (Å²) in [5, 5.41) is 0. The highest BCUT2D eigenvalue weighted by Crippen LogP contribution is 2.43. The van der Waals surface area contributed by atoms with Crippen LogP contribution in [0.2, 0.25) is 0 Å². The summed E-state index contributed by atoms with van der Waals surface area (Å²) < 4.78 is 45.7. The van der Waals surface area contributed by atoms with Crippen molar-refractivity contribution < 1.29 is 22.6 Å². The van der Waals surface area contributed by atoms with Crippen molar-refractivity contribution in [1.82, 2.24) is 4.31 Å². The molecule has 0 radical (unpaired) electrons. The van der Waals surface area contributed by atoms with Crippen molar-refractivity contribution in [3.63, 3.8) is 0 Å². The van der Waals surface area contributed by atoms with Crippen molar-refractivity contribution in [3.8, 4) is 17.2 Å². The largest absolute Gasteiger partial charge is 0.497 e. The molecule has 0 aromatic heterocycles. The quantitative estimate of drug-likeness (QED) is 0.601. The summed E-state index contributed by atoms with van der Waals surface area (Å²) in [5.74, 6) is 1.64. The fourth-order valence-electron chi connectivity index (χ4n) is 3.52. The average Bonchev–Trinajstić information content (AvgIpc) is 3.19. The van der Waals surface area contributed by atoms with E-state index < -0.39 is 10.0 Å². The van der Waals surface area contributed by atoms with Gasteiger partial charge in [0.05, 0.1) is 26.9 Å². The van der Waals surface area contributed by atoms with Crippen LogP contribution in [0.1, 0.15) is 31.4 Å². The molecule has 2 aromatic rings. The van der Waals surface area contributed by atoms with Crippen LogP contribution < -0.4 is 14.2 Å². The fourth-order valence-corrected chi connectivity index (χ4v) is 5.86. The van der Waals surface area contributed by atoms with Gasteiger partial charge in [0.25, 0.3) is 0 Å². The number of sulfonamides is 1. The molecule has 3 rings (SSSR count). The van der Waals surface area contributed by atoms with Crippen LogP contribution in [0.3, 0.4) is 0 Å². The lowest BCUT2D eigenvalue weighted by atomic mass is 10.0. The van der Waals surface area contributed by atoms with Gasteiger partial charge in [-0.05, 0) is 44.0 Å². The van der Waals surface area contributed by atoms with E-state index in [0.29, 0.717) is 34.9 Å². The molecule has 1 aliphatic heterocycles. The molecule has 0 aliphatic carbocycles. The molecule has 1 unspecified atom stereocenters. The zero-order chi connectivity index (χ0) is 20.3. The number of methoxy groups -OCH3 is 2. The number of halogens is 1. The van der Waals surface area contributed by atoms with Gasteiger partial charge in [-0.3, -0.25) is 0 Å². The molecular formula is C20H24BrNO5S. The van der Waals surface area contributed by atoms with Gasteiger partial charge in [0.1, 0.15) is 22.1 Å². The van der Waals surface area contributed by atoms with Crippen LogP contribution in [-0.2, 0) is 10.0 Å². The van der Waals surface area contributed by atoms with Crippen molar-refractivity contribution in [1.29, 1.82) is 0 Å². The Balaban J connectivity index is 2.05. The van der Waals surface area contributed by atoms with Gasteiger partial charge in [0.15, 0.2) is 0 Å². The molecule has 1 atom stereocenters. The highest BCUT2D eigenvalue weighted by molar-refractivity contribution is 9.10. The van der Waals surface area contributed by atoms with Crippen molar-refractivity contribution in [2.24, 2.45) is 0 Å². The third-order valence-electron chi connectivity index (χ3n) is 4.80. The Kier molecular flexibility index (Phi) is 6.52. The van der Waals surface area contributed by atoms with E-state index in [1.807, 2.05) is 19.1 Å². The molecule has 1 saturated heterocycles. The zero-order valence-electron chi connectivity index (χ0n) is 16.1. The van der Waals surface area contributed by atoms with Crippen LogP contribution >= 0.6 is 15.9 Å². The molecule has 152 valence electrons. The van der Waals surface area contributed by atoms with Crippen molar-refractivity contribution >= 4 is 26.0 Å². The predicted molar refractivity (Wildman–Crippen MR) is 111 cm³/mol. The molecule has 2 aromatic carbocycles. The van der Waals surface area contributed by atoms with Crippen molar-refractivity contribution in [3.05, 3.63) is 46.4 Å². The first-order valence-corrected chi connectivity index (χ1v) is 11.3. The van der Waals surface area contributed by atoms with Gasteiger partial charge in [-0.2, -0.15) is 4.31 Å². The smallest absolute Gasteiger partial charge is 0.247 e. The zero-order valence-corrected chi connectivity index (χ0v) is 18.5. The first-order valence-electron chi connectivity index (χ1n) is 9.08. The van der Waals surface area contributed by atoms with Crippen LogP contribution in [-0.4, -0.2) is 40.1 Å². The molecule has 8 heteroatoms. The highest BCUT2D eigenvalue weighted by Gasteiger charge is 2.39. The summed E-state index contributed by atoms with van der Waals surface area (Å²) in [6, 6.07) is 10.2. The first kappa shape index (κ1) is 21.0. The normalized spacial score (nSPS) is 17.5. The van der Waals surface area contributed by atoms with E-state index >= 15 is 0 Å². The molecule has 1 heterocycles. The topological polar surface area (TPSA) is 65.1 Å². The van der Waals surface area contributed by atoms with Crippen LogP contribution in [0.4, 0.5) is 0 Å². The third kappa shape index (κ3) is 3.99. The molecule has 0 bridgehead atoms. The van der Waals surface area contributed by atoms with Crippen LogP contribution in [0, 0.1) is 0 Å². The summed E-state index contributed by atoms with van der Waals surface area (Å²) in [7, 11) is -0.597. The van der Waals surface area contributed by atoms with Gasteiger partial charge in [-0.25, -0.2) is 8.42 Å². The lowest BCUT2D eigenvalue weighted by Crippen LogP contribution is -2.31. The minimum Gasteiger partial charge on any atom is -0.497 e. The second-order valence-electron chi connectivity index (χ2n) is 6.41. The molecule has 0 amide bonds. The molecule has 0 saturated carbocycles. The van der Waals surface area contributed by atoms with E-state index in [0.717, 1.165) is 18.4 Å². The minimum absolute atomic E-state index is 0.170. The van der Waals surface area contributed by atoms with E-state index in [1.165, 1.54) is 0 Å². The Morgan fingerprint density at radius 1 is 1.11 bits per heavy atom. The second kappa shape index (κ2) is 8.71. The van der Waals surface area contributed by atoms with E-state index in [4.69, 9.17) is 14.2 Å². The number of hydrogen-bond donors (Lipinski definition) is 0. The van der Waals surface area contributed by atoms with Gasteiger partial charge in [-0.15, -0.1) is 0 Å². The van der Waals surface area contributed by atoms with E-state index in [-0.39, 0.29) is 10.9 Å². The number of benzene rings is 2. The average molecular weight is 470 g/mol. The number of nitrogens with zero attached hydrogens (tertiary/aromatic N) is 1. The Morgan fingerprint density at radius 2 is 1.89 bits per heavy atom. The van der Waals surface area contributed by atoms with Crippen LogP contribution in [0.25, 0.3) is 0 Å². The van der Waals surface area contributed by atoms with E-state index in [2.05, 4.69) is 15.9 Å². The van der Waals surface area contributed by atoms with E-state index in [1.54, 1.807) is 42.8 Å². The Labute approximate surface area is 174 Å². The molecule has 0 spiro atoms. The summed E-state index contributed by atoms with van der Waals surface area (Å²) in [5.41, 5.74) is 0.831. The number of ether oxygens (including phenoxy) is 3. The molecular weight excluding hydrogens is 446 g/mol. The lowest BCUT2D eigenvalue weighted by molar-refractivity contribution is 0.326. The predicted octanol–water partition coefficient (Wildman–Crippen LogP) is 4.39. The van der Waals surface area contributed by atoms with Crippen molar-refractivity contribution in [2.75, 3.05) is 27.4 Å². The van der Waals surface area contributed by atoms with Gasteiger partial charge >= 0.3 is 0 Å². The molecule has 0 N–H and O–H groups in total.